The zero-order valence-electron chi connectivity index (χ0n) is 9.75. The van der Waals surface area contributed by atoms with E-state index in [1.807, 2.05) is 0 Å². The van der Waals surface area contributed by atoms with Crippen LogP contribution >= 0.6 is 0 Å². The van der Waals surface area contributed by atoms with Crippen LogP contribution in [0.15, 0.2) is 12.2 Å². The van der Waals surface area contributed by atoms with Gasteiger partial charge in [-0.15, -0.1) is 0 Å². The van der Waals surface area contributed by atoms with E-state index in [4.69, 9.17) is 0 Å². The first-order valence-corrected chi connectivity index (χ1v) is 5.49. The summed E-state index contributed by atoms with van der Waals surface area (Å²) in [6.07, 6.45) is 1.20. The van der Waals surface area contributed by atoms with Gasteiger partial charge in [0.1, 0.15) is 0 Å². The monoisotopic (exact) mass is 226 g/mol. The van der Waals surface area contributed by atoms with Gasteiger partial charge in [-0.2, -0.15) is 0 Å². The number of hydrogen-bond donors (Lipinski definition) is 2. The fraction of sp³-hybridized carbons (Fsp3) is 0.667. The number of rotatable bonds is 4. The van der Waals surface area contributed by atoms with Crippen molar-refractivity contribution in [2.75, 3.05) is 0 Å². The summed E-state index contributed by atoms with van der Waals surface area (Å²) in [4.78, 5) is 22.9. The molecule has 1 saturated carbocycles. The number of carbonyl (C=O) groups is 2. The number of carboxylic acids is 2. The molecule has 0 aliphatic heterocycles. The lowest BCUT2D eigenvalue weighted by Crippen LogP contribution is -2.48. The van der Waals surface area contributed by atoms with Gasteiger partial charge in [0.25, 0.3) is 0 Å². The maximum atomic E-state index is 11.5. The molecule has 4 heteroatoms. The van der Waals surface area contributed by atoms with Crippen molar-refractivity contribution in [3.05, 3.63) is 12.2 Å². The Morgan fingerprint density at radius 2 is 1.44 bits per heavy atom. The first-order chi connectivity index (χ1) is 7.36. The number of aliphatic carboxylic acids is 2. The molecule has 1 aliphatic carbocycles. The zero-order chi connectivity index (χ0) is 12.6. The van der Waals surface area contributed by atoms with Gasteiger partial charge in [0.15, 0.2) is 0 Å². The largest absolute Gasteiger partial charge is 0.481 e. The summed E-state index contributed by atoms with van der Waals surface area (Å²) in [5.41, 5.74) is -1.65. The first-order valence-electron chi connectivity index (χ1n) is 5.49. The SMILES string of the molecule is C=C1CC(CC)(C(=O)O)C(CC)(C(=O)O)C1. The zero-order valence-corrected chi connectivity index (χ0v) is 9.75. The van der Waals surface area contributed by atoms with Gasteiger partial charge < -0.3 is 10.2 Å². The van der Waals surface area contributed by atoms with E-state index in [2.05, 4.69) is 6.58 Å². The molecule has 0 heterocycles. The summed E-state index contributed by atoms with van der Waals surface area (Å²) >= 11 is 0. The van der Waals surface area contributed by atoms with Crippen LogP contribution in [0.5, 0.6) is 0 Å². The summed E-state index contributed by atoms with van der Waals surface area (Å²) < 4.78 is 0. The average Bonchev–Trinajstić information content (AvgIpc) is 2.52. The fourth-order valence-corrected chi connectivity index (χ4v) is 3.04. The van der Waals surface area contributed by atoms with Crippen LogP contribution in [0.3, 0.4) is 0 Å². The lowest BCUT2D eigenvalue weighted by Gasteiger charge is -2.38. The molecule has 0 aromatic carbocycles. The van der Waals surface area contributed by atoms with Crippen molar-refractivity contribution < 1.29 is 19.8 Å². The molecular formula is C12H18O4. The highest BCUT2D eigenvalue weighted by Gasteiger charge is 2.63. The molecule has 2 N–H and O–H groups in total. The van der Waals surface area contributed by atoms with Gasteiger partial charge in [-0.1, -0.05) is 26.0 Å². The number of carboxylic acid groups (broad SMARTS) is 2. The van der Waals surface area contributed by atoms with E-state index in [9.17, 15) is 19.8 Å². The highest BCUT2D eigenvalue weighted by atomic mass is 16.4. The van der Waals surface area contributed by atoms with Crippen LogP contribution in [0.25, 0.3) is 0 Å². The van der Waals surface area contributed by atoms with E-state index in [0.29, 0.717) is 12.8 Å². The van der Waals surface area contributed by atoms with Crippen LogP contribution in [0.2, 0.25) is 0 Å². The van der Waals surface area contributed by atoms with Crippen LogP contribution in [0.1, 0.15) is 39.5 Å². The molecule has 0 saturated heterocycles. The van der Waals surface area contributed by atoms with E-state index in [1.54, 1.807) is 13.8 Å². The Bertz CT molecular complexity index is 315. The quantitative estimate of drug-likeness (QED) is 0.721. The Kier molecular flexibility index (Phi) is 3.13. The number of allylic oxidation sites excluding steroid dienone is 1. The third-order valence-corrected chi connectivity index (χ3v) is 4.05. The molecule has 0 aromatic heterocycles. The van der Waals surface area contributed by atoms with Crippen LogP contribution in [-0.4, -0.2) is 22.2 Å². The van der Waals surface area contributed by atoms with Crippen molar-refractivity contribution in [1.82, 2.24) is 0 Å². The molecule has 16 heavy (non-hydrogen) atoms. The second-order valence-corrected chi connectivity index (χ2v) is 4.59. The molecule has 0 aromatic rings. The fourth-order valence-electron chi connectivity index (χ4n) is 3.04. The Hall–Kier alpha value is -1.32. The Balaban J connectivity index is 3.39. The molecule has 1 aliphatic rings. The molecule has 4 nitrogen and oxygen atoms in total. The Morgan fingerprint density at radius 1 is 1.12 bits per heavy atom. The van der Waals surface area contributed by atoms with Crippen molar-refractivity contribution >= 4 is 11.9 Å². The van der Waals surface area contributed by atoms with Crippen molar-refractivity contribution in [3.8, 4) is 0 Å². The van der Waals surface area contributed by atoms with E-state index in [0.717, 1.165) is 5.57 Å². The Labute approximate surface area is 95.0 Å². The first kappa shape index (κ1) is 12.7. The maximum absolute atomic E-state index is 11.5. The van der Waals surface area contributed by atoms with Crippen molar-refractivity contribution in [2.45, 2.75) is 39.5 Å². The maximum Gasteiger partial charge on any atom is 0.311 e. The van der Waals surface area contributed by atoms with Crippen molar-refractivity contribution in [1.29, 1.82) is 0 Å². The second kappa shape index (κ2) is 3.92. The van der Waals surface area contributed by atoms with Crippen molar-refractivity contribution in [3.63, 3.8) is 0 Å². The van der Waals surface area contributed by atoms with E-state index in [1.165, 1.54) is 0 Å². The molecule has 0 radical (unpaired) electrons. The topological polar surface area (TPSA) is 74.6 Å². The minimum Gasteiger partial charge on any atom is -0.481 e. The second-order valence-electron chi connectivity index (χ2n) is 4.59. The van der Waals surface area contributed by atoms with Gasteiger partial charge in [-0.05, 0) is 25.7 Å². The predicted molar refractivity (Wildman–Crippen MR) is 59.1 cm³/mol. The van der Waals surface area contributed by atoms with Gasteiger partial charge in [0.05, 0.1) is 10.8 Å². The van der Waals surface area contributed by atoms with Gasteiger partial charge in [-0.3, -0.25) is 9.59 Å². The van der Waals surface area contributed by atoms with E-state index in [-0.39, 0.29) is 12.8 Å². The summed E-state index contributed by atoms with van der Waals surface area (Å²) in [6.45, 7) is 7.25. The summed E-state index contributed by atoms with van der Waals surface area (Å²) in [7, 11) is 0. The smallest absolute Gasteiger partial charge is 0.311 e. The summed E-state index contributed by atoms with van der Waals surface area (Å²) in [6, 6.07) is 0. The van der Waals surface area contributed by atoms with E-state index < -0.39 is 22.8 Å². The molecular weight excluding hydrogens is 208 g/mol. The van der Waals surface area contributed by atoms with Gasteiger partial charge in [-0.25, -0.2) is 0 Å². The molecule has 90 valence electrons. The molecule has 1 fully saturated rings. The normalized spacial score (nSPS) is 34.0. The lowest BCUT2D eigenvalue weighted by atomic mass is 9.62. The van der Waals surface area contributed by atoms with Crippen LogP contribution in [-0.2, 0) is 9.59 Å². The minimum atomic E-state index is -1.19. The van der Waals surface area contributed by atoms with Crippen LogP contribution in [0.4, 0.5) is 0 Å². The van der Waals surface area contributed by atoms with Crippen molar-refractivity contribution in [2.24, 2.45) is 10.8 Å². The number of hydrogen-bond acceptors (Lipinski definition) is 2. The van der Waals surface area contributed by atoms with Gasteiger partial charge >= 0.3 is 11.9 Å². The molecule has 0 amide bonds. The molecule has 1 rings (SSSR count). The third-order valence-electron chi connectivity index (χ3n) is 4.05. The molecule has 0 bridgehead atoms. The molecule has 0 spiro atoms. The van der Waals surface area contributed by atoms with Gasteiger partial charge in [0, 0.05) is 0 Å². The standard InChI is InChI=1S/C12H18O4/c1-4-11(9(13)14)6-8(3)7-12(11,5-2)10(15)16/h3-7H2,1-2H3,(H,13,14)(H,15,16). The van der Waals surface area contributed by atoms with Gasteiger partial charge in [0.2, 0.25) is 0 Å². The van der Waals surface area contributed by atoms with Crippen LogP contribution in [0, 0.1) is 10.8 Å². The highest BCUT2D eigenvalue weighted by molar-refractivity contribution is 5.88. The molecule has 2 atom stereocenters. The third kappa shape index (κ3) is 1.36. The minimum absolute atomic E-state index is 0.277. The summed E-state index contributed by atoms with van der Waals surface area (Å²) in [5, 5.41) is 18.8. The highest BCUT2D eigenvalue weighted by Crippen LogP contribution is 2.59. The predicted octanol–water partition coefficient (Wildman–Crippen LogP) is 2.30. The lowest BCUT2D eigenvalue weighted by molar-refractivity contribution is -0.172. The summed E-state index contributed by atoms with van der Waals surface area (Å²) in [5.74, 6) is -2.03. The van der Waals surface area contributed by atoms with Crippen LogP contribution < -0.4 is 0 Å². The van der Waals surface area contributed by atoms with E-state index >= 15 is 0 Å². The molecule has 2 unspecified atom stereocenters. The average molecular weight is 226 g/mol. The Morgan fingerprint density at radius 3 is 1.62 bits per heavy atom.